The highest BCUT2D eigenvalue weighted by Crippen LogP contribution is 2.13. The average Bonchev–Trinajstić information content (AvgIpc) is 2.20. The zero-order valence-corrected chi connectivity index (χ0v) is 9.87. The number of nitrogens with two attached hydrogens (primary N) is 1. The first kappa shape index (κ1) is 12.2. The smallest absolute Gasteiger partial charge is 0.0230 e. The van der Waals surface area contributed by atoms with Crippen molar-refractivity contribution in [1.82, 2.24) is 4.90 Å². The average molecular weight is 206 g/mol. The molecule has 1 aromatic rings. The zero-order chi connectivity index (χ0) is 11.1. The molecule has 0 aliphatic heterocycles. The summed E-state index contributed by atoms with van der Waals surface area (Å²) in [6.07, 6.45) is 3.47. The molecule has 2 heteroatoms. The summed E-state index contributed by atoms with van der Waals surface area (Å²) in [6.45, 7) is 1.83. The van der Waals surface area contributed by atoms with Gasteiger partial charge in [-0.3, -0.25) is 0 Å². The van der Waals surface area contributed by atoms with Crippen molar-refractivity contribution in [2.24, 2.45) is 5.73 Å². The van der Waals surface area contributed by atoms with Crippen molar-refractivity contribution in [2.75, 3.05) is 20.6 Å². The minimum absolute atomic E-state index is 0.801. The maximum Gasteiger partial charge on any atom is 0.0230 e. The van der Waals surface area contributed by atoms with E-state index in [9.17, 15) is 0 Å². The van der Waals surface area contributed by atoms with Crippen LogP contribution >= 0.6 is 0 Å². The van der Waals surface area contributed by atoms with Gasteiger partial charge in [0.2, 0.25) is 0 Å². The first-order valence-corrected chi connectivity index (χ1v) is 5.65. The lowest BCUT2D eigenvalue weighted by molar-refractivity contribution is 0.400. The first-order chi connectivity index (χ1) is 7.24. The molecular weight excluding hydrogens is 184 g/mol. The van der Waals surface area contributed by atoms with Crippen LogP contribution in [0.25, 0.3) is 0 Å². The van der Waals surface area contributed by atoms with Gasteiger partial charge < -0.3 is 10.6 Å². The van der Waals surface area contributed by atoms with Crippen molar-refractivity contribution < 1.29 is 0 Å². The monoisotopic (exact) mass is 206 g/mol. The van der Waals surface area contributed by atoms with Crippen LogP contribution in [0.4, 0.5) is 0 Å². The van der Waals surface area contributed by atoms with E-state index < -0.39 is 0 Å². The molecule has 0 radical (unpaired) electrons. The maximum atomic E-state index is 5.50. The molecule has 0 aromatic heterocycles. The molecule has 0 atom stereocenters. The minimum atomic E-state index is 0.801. The first-order valence-electron chi connectivity index (χ1n) is 5.65. The molecule has 0 saturated carbocycles. The molecule has 0 fully saturated rings. The Morgan fingerprint density at radius 2 is 1.73 bits per heavy atom. The van der Waals surface area contributed by atoms with Crippen molar-refractivity contribution in [2.45, 2.75) is 25.8 Å². The summed E-state index contributed by atoms with van der Waals surface area (Å²) < 4.78 is 0. The molecule has 1 rings (SSSR count). The Morgan fingerprint density at radius 3 is 2.33 bits per heavy atom. The summed E-state index contributed by atoms with van der Waals surface area (Å²) in [4.78, 5) is 2.21. The lowest BCUT2D eigenvalue weighted by Gasteiger charge is -2.13. The van der Waals surface area contributed by atoms with Crippen LogP contribution in [0.3, 0.4) is 0 Å². The Labute approximate surface area is 93.1 Å². The Morgan fingerprint density at radius 1 is 1.07 bits per heavy atom. The normalized spacial score (nSPS) is 10.9. The van der Waals surface area contributed by atoms with Gasteiger partial charge in [-0.05, 0) is 51.0 Å². The van der Waals surface area contributed by atoms with E-state index in [2.05, 4.69) is 43.3 Å². The van der Waals surface area contributed by atoms with E-state index >= 15 is 0 Å². The third-order valence-corrected chi connectivity index (χ3v) is 2.51. The van der Waals surface area contributed by atoms with E-state index in [1.54, 1.807) is 0 Å². The Balaban J connectivity index is 2.60. The van der Waals surface area contributed by atoms with Crippen molar-refractivity contribution in [3.05, 3.63) is 35.4 Å². The molecule has 0 bridgehead atoms. The largest absolute Gasteiger partial charge is 0.330 e. The predicted molar refractivity (Wildman–Crippen MR) is 65.8 cm³/mol. The van der Waals surface area contributed by atoms with Crippen LogP contribution < -0.4 is 5.73 Å². The van der Waals surface area contributed by atoms with Crippen LogP contribution in [0.1, 0.15) is 24.0 Å². The summed E-state index contributed by atoms with van der Waals surface area (Å²) in [7, 11) is 4.22. The van der Waals surface area contributed by atoms with Crippen LogP contribution in [0.5, 0.6) is 0 Å². The van der Waals surface area contributed by atoms with Gasteiger partial charge in [0, 0.05) is 6.54 Å². The highest BCUT2D eigenvalue weighted by molar-refractivity contribution is 5.27. The number of rotatable bonds is 6. The van der Waals surface area contributed by atoms with Gasteiger partial charge in [0.15, 0.2) is 0 Å². The molecule has 84 valence electrons. The van der Waals surface area contributed by atoms with Crippen molar-refractivity contribution >= 4 is 0 Å². The van der Waals surface area contributed by atoms with Gasteiger partial charge in [-0.2, -0.15) is 0 Å². The summed E-state index contributed by atoms with van der Waals surface area (Å²) in [5.74, 6) is 0. The van der Waals surface area contributed by atoms with Crippen LogP contribution in [0.2, 0.25) is 0 Å². The summed E-state index contributed by atoms with van der Waals surface area (Å²) in [6, 6.07) is 8.69. The second kappa shape index (κ2) is 6.59. The molecule has 0 amide bonds. The van der Waals surface area contributed by atoms with Gasteiger partial charge in [0.1, 0.15) is 0 Å². The number of benzene rings is 1. The molecule has 15 heavy (non-hydrogen) atoms. The van der Waals surface area contributed by atoms with Gasteiger partial charge in [-0.1, -0.05) is 24.3 Å². The lowest BCUT2D eigenvalue weighted by atomic mass is 10.0. The SMILES string of the molecule is CN(C)Cc1ccccc1CCCCN. The van der Waals surface area contributed by atoms with E-state index in [1.807, 2.05) is 0 Å². The molecule has 0 spiro atoms. The third kappa shape index (κ3) is 4.45. The Hall–Kier alpha value is -0.860. The van der Waals surface area contributed by atoms with Gasteiger partial charge >= 0.3 is 0 Å². The molecule has 2 N–H and O–H groups in total. The van der Waals surface area contributed by atoms with Gasteiger partial charge in [-0.15, -0.1) is 0 Å². The fraction of sp³-hybridized carbons (Fsp3) is 0.538. The van der Waals surface area contributed by atoms with E-state index in [1.165, 1.54) is 17.5 Å². The Kier molecular flexibility index (Phi) is 5.37. The van der Waals surface area contributed by atoms with E-state index in [-0.39, 0.29) is 0 Å². The van der Waals surface area contributed by atoms with Crippen molar-refractivity contribution in [3.63, 3.8) is 0 Å². The maximum absolute atomic E-state index is 5.50. The van der Waals surface area contributed by atoms with Crippen LogP contribution in [-0.4, -0.2) is 25.5 Å². The van der Waals surface area contributed by atoms with Crippen LogP contribution in [0.15, 0.2) is 24.3 Å². The number of unbranched alkanes of at least 4 members (excludes halogenated alkanes) is 1. The fourth-order valence-electron chi connectivity index (χ4n) is 1.76. The molecule has 0 saturated heterocycles. The minimum Gasteiger partial charge on any atom is -0.330 e. The standard InChI is InChI=1S/C13H22N2/c1-15(2)11-13-9-4-3-7-12(13)8-5-6-10-14/h3-4,7,9H,5-6,8,10-11,14H2,1-2H3. The van der Waals surface area contributed by atoms with Crippen molar-refractivity contribution in [3.8, 4) is 0 Å². The number of nitrogens with zero attached hydrogens (tertiary/aromatic N) is 1. The molecule has 0 heterocycles. The molecule has 0 aliphatic rings. The molecule has 0 unspecified atom stereocenters. The molecular formula is C13H22N2. The molecule has 0 aliphatic carbocycles. The van der Waals surface area contributed by atoms with Crippen LogP contribution in [0, 0.1) is 0 Å². The van der Waals surface area contributed by atoms with Gasteiger partial charge in [0.25, 0.3) is 0 Å². The van der Waals surface area contributed by atoms with E-state index in [0.29, 0.717) is 0 Å². The number of hydrogen-bond acceptors (Lipinski definition) is 2. The summed E-state index contributed by atoms with van der Waals surface area (Å²) >= 11 is 0. The predicted octanol–water partition coefficient (Wildman–Crippen LogP) is 2.03. The fourth-order valence-corrected chi connectivity index (χ4v) is 1.76. The number of aryl methyl sites for hydroxylation is 1. The van der Waals surface area contributed by atoms with E-state index in [4.69, 9.17) is 5.73 Å². The Bertz CT molecular complexity index is 282. The highest BCUT2D eigenvalue weighted by atomic mass is 15.0. The summed E-state index contributed by atoms with van der Waals surface area (Å²) in [5, 5.41) is 0. The second-order valence-electron chi connectivity index (χ2n) is 4.25. The van der Waals surface area contributed by atoms with Gasteiger partial charge in [0.05, 0.1) is 0 Å². The zero-order valence-electron chi connectivity index (χ0n) is 9.87. The molecule has 2 nitrogen and oxygen atoms in total. The van der Waals surface area contributed by atoms with E-state index in [0.717, 1.165) is 25.9 Å². The topological polar surface area (TPSA) is 29.3 Å². The van der Waals surface area contributed by atoms with Crippen molar-refractivity contribution in [1.29, 1.82) is 0 Å². The molecule has 1 aromatic carbocycles. The highest BCUT2D eigenvalue weighted by Gasteiger charge is 2.02. The number of hydrogen-bond donors (Lipinski definition) is 1. The van der Waals surface area contributed by atoms with Crippen LogP contribution in [-0.2, 0) is 13.0 Å². The quantitative estimate of drug-likeness (QED) is 0.722. The summed E-state index contributed by atoms with van der Waals surface area (Å²) in [5.41, 5.74) is 8.42. The van der Waals surface area contributed by atoms with Gasteiger partial charge in [-0.25, -0.2) is 0 Å². The third-order valence-electron chi connectivity index (χ3n) is 2.51. The lowest BCUT2D eigenvalue weighted by Crippen LogP contribution is -2.12. The second-order valence-corrected chi connectivity index (χ2v) is 4.25.